The molecule has 0 aliphatic rings. The van der Waals surface area contributed by atoms with Crippen LogP contribution in [0.4, 0.5) is 4.79 Å². The maximum Gasteiger partial charge on any atom is 0.408 e. The summed E-state index contributed by atoms with van der Waals surface area (Å²) in [6, 6.07) is 0. The second-order valence-electron chi connectivity index (χ2n) is 4.03. The first-order valence-electron chi connectivity index (χ1n) is 4.66. The zero-order valence-corrected chi connectivity index (χ0v) is 9.99. The predicted molar refractivity (Wildman–Crippen MR) is 58.5 cm³/mol. The molecule has 0 rings (SSSR count). The molecule has 0 saturated heterocycles. The average Bonchev–Trinajstić information content (AvgIpc) is 2.08. The molecule has 8 nitrogen and oxygen atoms in total. The lowest BCUT2D eigenvalue weighted by molar-refractivity contribution is -0.137. The van der Waals surface area contributed by atoms with Crippen LogP contribution in [0.3, 0.4) is 0 Å². The van der Waals surface area contributed by atoms with Gasteiger partial charge in [0.25, 0.3) is 0 Å². The topological polar surface area (TPSA) is 136 Å². The van der Waals surface area contributed by atoms with Gasteiger partial charge < -0.3 is 26.0 Å². The molecule has 100 valence electrons. The molecule has 0 heterocycles. The van der Waals surface area contributed by atoms with Crippen molar-refractivity contribution in [2.45, 2.75) is 26.4 Å². The van der Waals surface area contributed by atoms with Gasteiger partial charge in [0.05, 0.1) is 0 Å². The van der Waals surface area contributed by atoms with Crippen LogP contribution in [0.25, 0.3) is 0 Å². The molecule has 8 heteroatoms. The third-order valence-corrected chi connectivity index (χ3v) is 1.23. The van der Waals surface area contributed by atoms with Crippen LogP contribution in [0, 0.1) is 0 Å². The third-order valence-electron chi connectivity index (χ3n) is 1.23. The number of hydrogen-bond donors (Lipinski definition) is 3. The summed E-state index contributed by atoms with van der Waals surface area (Å²) in [6.45, 7) is 4.28. The summed E-state index contributed by atoms with van der Waals surface area (Å²) in [4.78, 5) is 32.1. The summed E-state index contributed by atoms with van der Waals surface area (Å²) in [5.41, 5.74) is -0.637. The lowest BCUT2D eigenvalue weighted by atomic mass is 10.2. The Kier molecular flexibility index (Phi) is 7.69. The van der Waals surface area contributed by atoms with E-state index in [1.165, 1.54) is 0 Å². The molecule has 2 amide bonds. The van der Waals surface area contributed by atoms with Crippen molar-refractivity contribution < 1.29 is 29.7 Å². The van der Waals surface area contributed by atoms with E-state index in [4.69, 9.17) is 9.84 Å². The van der Waals surface area contributed by atoms with Crippen LogP contribution < -0.4 is 10.6 Å². The number of carboxylic acid groups (broad SMARTS) is 1. The molecule has 0 atom stereocenters. The molecule has 0 spiro atoms. The Balaban J connectivity index is 0. The molecule has 0 unspecified atom stereocenters. The number of carbonyl (C=O) groups is 3. The van der Waals surface area contributed by atoms with E-state index in [0.717, 1.165) is 0 Å². The van der Waals surface area contributed by atoms with Crippen molar-refractivity contribution in [2.75, 3.05) is 13.1 Å². The number of amides is 2. The molecule has 0 bridgehead atoms. The minimum Gasteiger partial charge on any atom is -0.480 e. The molecule has 17 heavy (non-hydrogen) atoms. The van der Waals surface area contributed by atoms with E-state index in [2.05, 4.69) is 10.6 Å². The average molecular weight is 250 g/mol. The van der Waals surface area contributed by atoms with Gasteiger partial charge in [-0.15, -0.1) is 0 Å². The molecule has 0 aromatic rings. The SMILES string of the molecule is CC(C)(C)OC(=O)NCC(=O)NCC(=O)O.O. The van der Waals surface area contributed by atoms with Gasteiger partial charge in [0.1, 0.15) is 18.7 Å². The number of carboxylic acids is 1. The summed E-state index contributed by atoms with van der Waals surface area (Å²) in [6.07, 6.45) is -0.724. The van der Waals surface area contributed by atoms with Crippen LogP contribution in [0.15, 0.2) is 0 Å². The molecule has 0 radical (unpaired) electrons. The Morgan fingerprint density at radius 2 is 1.65 bits per heavy atom. The standard InChI is InChI=1S/C9H16N2O5.H2O/c1-9(2,3)16-8(15)11-4-6(12)10-5-7(13)14;/h4-5H2,1-3H3,(H,10,12)(H,11,15)(H,13,14);1H2. The van der Waals surface area contributed by atoms with Crippen molar-refractivity contribution in [1.29, 1.82) is 0 Å². The maximum absolute atomic E-state index is 11.1. The fraction of sp³-hybridized carbons (Fsp3) is 0.667. The Hall–Kier alpha value is -1.83. The fourth-order valence-electron chi connectivity index (χ4n) is 0.703. The Morgan fingerprint density at radius 1 is 1.12 bits per heavy atom. The van der Waals surface area contributed by atoms with Gasteiger partial charge in [-0.2, -0.15) is 0 Å². The Morgan fingerprint density at radius 3 is 2.06 bits per heavy atom. The number of alkyl carbamates (subject to hydrolysis) is 1. The number of rotatable bonds is 4. The lowest BCUT2D eigenvalue weighted by Crippen LogP contribution is -2.41. The van der Waals surface area contributed by atoms with E-state index in [9.17, 15) is 14.4 Å². The molecule has 0 aliphatic heterocycles. The first-order chi connectivity index (χ1) is 7.20. The van der Waals surface area contributed by atoms with Gasteiger partial charge in [-0.3, -0.25) is 9.59 Å². The largest absolute Gasteiger partial charge is 0.480 e. The number of hydrogen-bond acceptors (Lipinski definition) is 4. The minimum atomic E-state index is -1.15. The molecule has 0 fully saturated rings. The van der Waals surface area contributed by atoms with Crippen molar-refractivity contribution in [1.82, 2.24) is 10.6 Å². The van der Waals surface area contributed by atoms with Crippen molar-refractivity contribution in [2.24, 2.45) is 0 Å². The highest BCUT2D eigenvalue weighted by Crippen LogP contribution is 2.05. The Bertz CT molecular complexity index is 284. The number of carbonyl (C=O) groups excluding carboxylic acids is 2. The van der Waals surface area contributed by atoms with Crippen molar-refractivity contribution in [3.63, 3.8) is 0 Å². The van der Waals surface area contributed by atoms with Gasteiger partial charge >= 0.3 is 12.1 Å². The van der Waals surface area contributed by atoms with E-state index >= 15 is 0 Å². The van der Waals surface area contributed by atoms with Crippen molar-refractivity contribution >= 4 is 18.0 Å². The fourth-order valence-corrected chi connectivity index (χ4v) is 0.703. The van der Waals surface area contributed by atoms with E-state index in [1.54, 1.807) is 20.8 Å². The van der Waals surface area contributed by atoms with E-state index in [-0.39, 0.29) is 12.0 Å². The van der Waals surface area contributed by atoms with Gasteiger partial charge in [-0.1, -0.05) is 0 Å². The summed E-state index contributed by atoms with van der Waals surface area (Å²) in [7, 11) is 0. The smallest absolute Gasteiger partial charge is 0.408 e. The minimum absolute atomic E-state index is 0. The molecule has 0 aromatic carbocycles. The quantitative estimate of drug-likeness (QED) is 0.581. The summed E-state index contributed by atoms with van der Waals surface area (Å²) in [5.74, 6) is -1.74. The maximum atomic E-state index is 11.1. The van der Waals surface area contributed by atoms with Crippen LogP contribution in [0.2, 0.25) is 0 Å². The highest BCUT2D eigenvalue weighted by molar-refractivity contribution is 5.85. The van der Waals surface area contributed by atoms with E-state index in [0.29, 0.717) is 0 Å². The van der Waals surface area contributed by atoms with Crippen LogP contribution in [-0.2, 0) is 14.3 Å². The van der Waals surface area contributed by atoms with Gasteiger partial charge in [-0.05, 0) is 20.8 Å². The molecular weight excluding hydrogens is 232 g/mol. The zero-order chi connectivity index (χ0) is 12.8. The lowest BCUT2D eigenvalue weighted by Gasteiger charge is -2.19. The monoisotopic (exact) mass is 250 g/mol. The number of ether oxygens (including phenoxy) is 1. The third kappa shape index (κ3) is 12.1. The second-order valence-corrected chi connectivity index (χ2v) is 4.03. The molecule has 0 aromatic heterocycles. The molecule has 5 N–H and O–H groups in total. The zero-order valence-electron chi connectivity index (χ0n) is 9.99. The first kappa shape index (κ1) is 17.6. The van der Waals surface area contributed by atoms with Crippen molar-refractivity contribution in [3.05, 3.63) is 0 Å². The molecular formula is C9H18N2O6. The second kappa shape index (κ2) is 7.44. The van der Waals surface area contributed by atoms with E-state index < -0.39 is 30.1 Å². The van der Waals surface area contributed by atoms with Gasteiger partial charge in [0.15, 0.2) is 0 Å². The van der Waals surface area contributed by atoms with Crippen LogP contribution in [0.1, 0.15) is 20.8 Å². The first-order valence-corrected chi connectivity index (χ1v) is 4.66. The van der Waals surface area contributed by atoms with Gasteiger partial charge in [0.2, 0.25) is 5.91 Å². The summed E-state index contributed by atoms with van der Waals surface area (Å²) >= 11 is 0. The Labute approximate surface area is 98.6 Å². The van der Waals surface area contributed by atoms with Crippen LogP contribution in [-0.4, -0.2) is 47.2 Å². The number of aliphatic carboxylic acids is 1. The summed E-state index contributed by atoms with van der Waals surface area (Å²) in [5, 5.41) is 12.6. The van der Waals surface area contributed by atoms with E-state index in [1.807, 2.05) is 0 Å². The number of nitrogens with one attached hydrogen (secondary N) is 2. The molecule has 0 saturated carbocycles. The van der Waals surface area contributed by atoms with Gasteiger partial charge in [-0.25, -0.2) is 4.79 Å². The predicted octanol–water partition coefficient (Wildman–Crippen LogP) is -1.11. The van der Waals surface area contributed by atoms with Gasteiger partial charge in [0, 0.05) is 0 Å². The molecule has 0 aliphatic carbocycles. The highest BCUT2D eigenvalue weighted by Gasteiger charge is 2.16. The van der Waals surface area contributed by atoms with Crippen LogP contribution >= 0.6 is 0 Å². The van der Waals surface area contributed by atoms with Crippen LogP contribution in [0.5, 0.6) is 0 Å². The normalized spacial score (nSPS) is 9.82. The highest BCUT2D eigenvalue weighted by atomic mass is 16.6. The summed E-state index contributed by atoms with van der Waals surface area (Å²) < 4.78 is 4.87. The van der Waals surface area contributed by atoms with Crippen molar-refractivity contribution in [3.8, 4) is 0 Å².